The average molecular weight is 297 g/mol. The summed E-state index contributed by atoms with van der Waals surface area (Å²) in [4.78, 5) is 11.5. The number of benzene rings is 1. The largest absolute Gasteiger partial charge is 0.497 e. The second-order valence-electron chi connectivity index (χ2n) is 3.35. The van der Waals surface area contributed by atoms with Crippen LogP contribution < -0.4 is 10.1 Å². The van der Waals surface area contributed by atoms with Gasteiger partial charge in [-0.25, -0.2) is 0 Å². The van der Waals surface area contributed by atoms with Crippen LogP contribution in [0.15, 0.2) is 40.5 Å². The van der Waals surface area contributed by atoms with Gasteiger partial charge < -0.3 is 10.1 Å². The number of carbonyl (C=O) groups is 1. The van der Waals surface area contributed by atoms with E-state index in [1.165, 1.54) is 6.08 Å². The average Bonchev–Trinajstić information content (AvgIpc) is 2.42. The summed E-state index contributed by atoms with van der Waals surface area (Å²) in [7, 11) is 1.56. The van der Waals surface area contributed by atoms with E-state index in [9.17, 15) is 4.79 Å². The second-order valence-corrected chi connectivity index (χ2v) is 4.30. The summed E-state index contributed by atoms with van der Waals surface area (Å²) in [6.07, 6.45) is 2.85. The van der Waals surface area contributed by atoms with E-state index < -0.39 is 5.91 Å². The number of halogens is 2. The van der Waals surface area contributed by atoms with E-state index in [1.807, 2.05) is 6.07 Å². The van der Waals surface area contributed by atoms with Crippen molar-refractivity contribution in [2.75, 3.05) is 7.11 Å². The number of methoxy groups -OCH3 is 1. The molecule has 1 rings (SSSR count). The Balaban J connectivity index is 2.74. The number of nitriles is 1. The Morgan fingerprint density at radius 1 is 1.47 bits per heavy atom. The Bertz CT molecular complexity index is 570. The highest BCUT2D eigenvalue weighted by atomic mass is 35.5. The zero-order valence-corrected chi connectivity index (χ0v) is 11.5. The maximum absolute atomic E-state index is 11.5. The smallest absolute Gasteiger partial charge is 0.248 e. The first-order valence-electron chi connectivity index (χ1n) is 5.15. The summed E-state index contributed by atoms with van der Waals surface area (Å²) in [5.41, 5.74) is 0.595. The second kappa shape index (κ2) is 7.47. The molecule has 1 amide bonds. The lowest BCUT2D eigenvalue weighted by molar-refractivity contribution is -0.115. The topological polar surface area (TPSA) is 62.1 Å². The number of ether oxygens (including phenoxy) is 1. The van der Waals surface area contributed by atoms with E-state index in [1.54, 1.807) is 37.5 Å². The van der Waals surface area contributed by atoms with Gasteiger partial charge in [0.15, 0.2) is 5.70 Å². The minimum absolute atomic E-state index is 0.191. The summed E-state index contributed by atoms with van der Waals surface area (Å²) in [5, 5.41) is 10.9. The lowest BCUT2D eigenvalue weighted by Gasteiger charge is -2.01. The molecule has 6 heteroatoms. The number of hydrogen-bond acceptors (Lipinski definition) is 3. The van der Waals surface area contributed by atoms with Gasteiger partial charge in [0, 0.05) is 6.08 Å². The zero-order chi connectivity index (χ0) is 14.3. The fourth-order valence-corrected chi connectivity index (χ4v) is 1.38. The Kier molecular flexibility index (Phi) is 5.94. The molecule has 0 atom stereocenters. The summed E-state index contributed by atoms with van der Waals surface area (Å²) < 4.78 is 4.77. The third-order valence-corrected chi connectivity index (χ3v) is 2.45. The molecule has 0 bridgehead atoms. The summed E-state index contributed by atoms with van der Waals surface area (Å²) >= 11 is 10.8. The quantitative estimate of drug-likeness (QED) is 0.686. The van der Waals surface area contributed by atoms with Crippen LogP contribution in [0.3, 0.4) is 0 Å². The van der Waals surface area contributed by atoms with Crippen molar-refractivity contribution in [1.82, 2.24) is 5.32 Å². The minimum Gasteiger partial charge on any atom is -0.497 e. The molecule has 0 aromatic heterocycles. The predicted molar refractivity (Wildman–Crippen MR) is 74.5 cm³/mol. The molecule has 1 aromatic rings. The molecule has 0 saturated heterocycles. The lowest BCUT2D eigenvalue weighted by atomic mass is 10.2. The van der Waals surface area contributed by atoms with E-state index in [0.29, 0.717) is 5.75 Å². The Labute approximate surface area is 120 Å². The number of amides is 1. The van der Waals surface area contributed by atoms with Crippen LogP contribution in [0.5, 0.6) is 5.75 Å². The van der Waals surface area contributed by atoms with Crippen LogP contribution in [0.25, 0.3) is 6.08 Å². The van der Waals surface area contributed by atoms with Gasteiger partial charge in [0.05, 0.1) is 7.11 Å². The van der Waals surface area contributed by atoms with Crippen LogP contribution in [0, 0.1) is 11.3 Å². The first kappa shape index (κ1) is 15.1. The third-order valence-electron chi connectivity index (χ3n) is 2.07. The third kappa shape index (κ3) is 5.04. The maximum Gasteiger partial charge on any atom is 0.248 e. The van der Waals surface area contributed by atoms with Gasteiger partial charge in [-0.2, -0.15) is 5.26 Å². The fourth-order valence-electron chi connectivity index (χ4n) is 1.20. The number of carbonyl (C=O) groups excluding carboxylic acids is 1. The highest BCUT2D eigenvalue weighted by molar-refractivity contribution is 6.56. The molecule has 0 aliphatic rings. The molecule has 1 N–H and O–H groups in total. The van der Waals surface area contributed by atoms with E-state index >= 15 is 0 Å². The van der Waals surface area contributed by atoms with Gasteiger partial charge in [-0.15, -0.1) is 0 Å². The van der Waals surface area contributed by atoms with E-state index in [0.717, 1.165) is 5.56 Å². The number of nitrogens with one attached hydrogen (secondary N) is 1. The highest BCUT2D eigenvalue weighted by Crippen LogP contribution is 2.14. The standard InChI is InChI=1S/C13H10Cl2N2O2/c1-19-10-4-2-3-9(7-10)5-6-12(18)17-11(8-16)13(14)15/h2-7H,1H3,(H,17,18). The molecule has 0 aliphatic heterocycles. The molecule has 0 aliphatic carbocycles. The molecule has 98 valence electrons. The molecule has 0 heterocycles. The number of nitrogens with zero attached hydrogens (tertiary/aromatic N) is 1. The zero-order valence-electron chi connectivity index (χ0n) is 9.98. The monoisotopic (exact) mass is 296 g/mol. The van der Waals surface area contributed by atoms with Crippen LogP contribution in [-0.4, -0.2) is 13.0 Å². The molecule has 19 heavy (non-hydrogen) atoms. The van der Waals surface area contributed by atoms with Gasteiger partial charge in [0.1, 0.15) is 16.3 Å². The van der Waals surface area contributed by atoms with Gasteiger partial charge in [-0.05, 0) is 23.8 Å². The van der Waals surface area contributed by atoms with Crippen LogP contribution in [0.4, 0.5) is 0 Å². The normalized spacial score (nSPS) is 9.79. The van der Waals surface area contributed by atoms with Crippen molar-refractivity contribution in [2.45, 2.75) is 0 Å². The van der Waals surface area contributed by atoms with E-state index in [2.05, 4.69) is 5.32 Å². The summed E-state index contributed by atoms with van der Waals surface area (Å²) in [5.74, 6) is 0.183. The predicted octanol–water partition coefficient (Wildman–Crippen LogP) is 2.99. The molecule has 0 saturated carbocycles. The maximum atomic E-state index is 11.5. The number of hydrogen-bond donors (Lipinski definition) is 1. The molecule has 4 nitrogen and oxygen atoms in total. The number of allylic oxidation sites excluding steroid dienone is 1. The van der Waals surface area contributed by atoms with Crippen molar-refractivity contribution in [2.24, 2.45) is 0 Å². The first-order valence-corrected chi connectivity index (χ1v) is 5.91. The Morgan fingerprint density at radius 2 is 2.21 bits per heavy atom. The highest BCUT2D eigenvalue weighted by Gasteiger charge is 2.04. The van der Waals surface area contributed by atoms with Crippen LogP contribution in [0.1, 0.15) is 5.56 Å². The Hall–Kier alpha value is -1.96. The van der Waals surface area contributed by atoms with E-state index in [4.69, 9.17) is 33.2 Å². The van der Waals surface area contributed by atoms with Gasteiger partial charge in [0.25, 0.3) is 0 Å². The molecule has 0 unspecified atom stereocenters. The molecule has 0 radical (unpaired) electrons. The van der Waals surface area contributed by atoms with Crippen molar-refractivity contribution >= 4 is 35.2 Å². The summed E-state index contributed by atoms with van der Waals surface area (Å²) in [6, 6.07) is 8.84. The van der Waals surface area contributed by atoms with E-state index in [-0.39, 0.29) is 10.2 Å². The molecule has 0 fully saturated rings. The molecular weight excluding hydrogens is 287 g/mol. The molecular formula is C13H10Cl2N2O2. The number of rotatable bonds is 4. The van der Waals surface area contributed by atoms with Crippen LogP contribution >= 0.6 is 23.2 Å². The van der Waals surface area contributed by atoms with Gasteiger partial charge >= 0.3 is 0 Å². The van der Waals surface area contributed by atoms with Crippen molar-refractivity contribution < 1.29 is 9.53 Å². The van der Waals surface area contributed by atoms with Gasteiger partial charge in [-0.1, -0.05) is 35.3 Å². The SMILES string of the molecule is COc1cccc(C=CC(=O)NC(C#N)=C(Cl)Cl)c1. The molecule has 0 spiro atoms. The fraction of sp³-hybridized carbons (Fsp3) is 0.0769. The van der Waals surface area contributed by atoms with Crippen molar-refractivity contribution in [3.63, 3.8) is 0 Å². The Morgan fingerprint density at radius 3 is 2.79 bits per heavy atom. The summed E-state index contributed by atoms with van der Waals surface area (Å²) in [6.45, 7) is 0. The van der Waals surface area contributed by atoms with Crippen LogP contribution in [0.2, 0.25) is 0 Å². The van der Waals surface area contributed by atoms with Crippen molar-refractivity contribution in [3.8, 4) is 11.8 Å². The van der Waals surface area contributed by atoms with Crippen molar-refractivity contribution in [1.29, 1.82) is 5.26 Å². The molecule has 1 aromatic carbocycles. The van der Waals surface area contributed by atoms with Gasteiger partial charge in [-0.3, -0.25) is 4.79 Å². The van der Waals surface area contributed by atoms with Gasteiger partial charge in [0.2, 0.25) is 5.91 Å². The van der Waals surface area contributed by atoms with Crippen molar-refractivity contribution in [3.05, 3.63) is 46.1 Å². The lowest BCUT2D eigenvalue weighted by Crippen LogP contribution is -2.19. The first-order chi connectivity index (χ1) is 9.06. The van der Waals surface area contributed by atoms with Crippen LogP contribution in [-0.2, 0) is 4.79 Å². The minimum atomic E-state index is -0.502.